The van der Waals surface area contributed by atoms with Crippen LogP contribution >= 0.6 is 0 Å². The number of aromatic nitrogens is 2. The van der Waals surface area contributed by atoms with Crippen LogP contribution in [0.4, 0.5) is 0 Å². The van der Waals surface area contributed by atoms with Gasteiger partial charge in [-0.2, -0.15) is 5.10 Å². The van der Waals surface area contributed by atoms with E-state index in [1.54, 1.807) is 0 Å². The SMILES string of the molecule is Cc1cccc(C(c2ccn[nH]2)N2CCN(Cc3ccccc3)CC2)c1. The average Bonchev–Trinajstić information content (AvgIpc) is 3.19. The number of nitrogens with one attached hydrogen (secondary N) is 1. The topological polar surface area (TPSA) is 35.2 Å². The van der Waals surface area contributed by atoms with Gasteiger partial charge in [-0.15, -0.1) is 0 Å². The highest BCUT2D eigenvalue weighted by atomic mass is 15.3. The lowest BCUT2D eigenvalue weighted by atomic mass is 9.99. The monoisotopic (exact) mass is 346 g/mol. The van der Waals surface area contributed by atoms with E-state index in [2.05, 4.69) is 87.6 Å². The summed E-state index contributed by atoms with van der Waals surface area (Å²) >= 11 is 0. The van der Waals surface area contributed by atoms with Crippen molar-refractivity contribution in [1.29, 1.82) is 0 Å². The number of piperazine rings is 1. The van der Waals surface area contributed by atoms with Crippen molar-refractivity contribution in [1.82, 2.24) is 20.0 Å². The van der Waals surface area contributed by atoms with Gasteiger partial charge in [0.15, 0.2) is 0 Å². The molecule has 1 saturated heterocycles. The van der Waals surface area contributed by atoms with Crippen LogP contribution in [-0.2, 0) is 6.54 Å². The summed E-state index contributed by atoms with van der Waals surface area (Å²) in [5, 5.41) is 7.39. The van der Waals surface area contributed by atoms with Crippen molar-refractivity contribution in [3.63, 3.8) is 0 Å². The molecule has 0 aliphatic carbocycles. The molecule has 1 aromatic heterocycles. The predicted molar refractivity (Wildman–Crippen MR) is 105 cm³/mol. The summed E-state index contributed by atoms with van der Waals surface area (Å²) in [4.78, 5) is 5.12. The minimum atomic E-state index is 0.247. The van der Waals surface area contributed by atoms with Gasteiger partial charge < -0.3 is 0 Å². The Morgan fingerprint density at radius 2 is 1.77 bits per heavy atom. The molecule has 0 spiro atoms. The molecule has 1 fully saturated rings. The van der Waals surface area contributed by atoms with Crippen LogP contribution in [0, 0.1) is 6.92 Å². The Morgan fingerprint density at radius 1 is 0.962 bits per heavy atom. The Labute approximate surface area is 155 Å². The van der Waals surface area contributed by atoms with Gasteiger partial charge in [0.2, 0.25) is 0 Å². The number of benzene rings is 2. The minimum Gasteiger partial charge on any atom is -0.297 e. The van der Waals surface area contributed by atoms with Crippen LogP contribution in [0.2, 0.25) is 0 Å². The van der Waals surface area contributed by atoms with E-state index >= 15 is 0 Å². The highest BCUT2D eigenvalue weighted by Crippen LogP contribution is 2.29. The number of aryl methyl sites for hydroxylation is 1. The van der Waals surface area contributed by atoms with Gasteiger partial charge in [-0.25, -0.2) is 0 Å². The largest absolute Gasteiger partial charge is 0.297 e. The van der Waals surface area contributed by atoms with Crippen LogP contribution in [0.5, 0.6) is 0 Å². The molecule has 2 heterocycles. The van der Waals surface area contributed by atoms with E-state index in [1.807, 2.05) is 6.20 Å². The second-order valence-electron chi connectivity index (χ2n) is 7.13. The Bertz CT molecular complexity index is 805. The molecular weight excluding hydrogens is 320 g/mol. The lowest BCUT2D eigenvalue weighted by Crippen LogP contribution is -2.47. The maximum atomic E-state index is 4.19. The Kier molecular flexibility index (Phi) is 5.14. The number of aromatic amines is 1. The second kappa shape index (κ2) is 7.85. The maximum absolute atomic E-state index is 4.19. The highest BCUT2D eigenvalue weighted by Gasteiger charge is 2.27. The molecule has 3 aromatic rings. The minimum absolute atomic E-state index is 0.247. The fourth-order valence-corrected chi connectivity index (χ4v) is 3.87. The van der Waals surface area contributed by atoms with Gasteiger partial charge in [0.05, 0.1) is 11.7 Å². The molecule has 1 unspecified atom stereocenters. The Morgan fingerprint density at radius 3 is 2.46 bits per heavy atom. The van der Waals surface area contributed by atoms with Crippen molar-refractivity contribution in [2.24, 2.45) is 0 Å². The normalized spacial score (nSPS) is 17.3. The van der Waals surface area contributed by atoms with Crippen molar-refractivity contribution in [3.8, 4) is 0 Å². The quantitative estimate of drug-likeness (QED) is 0.766. The van der Waals surface area contributed by atoms with Gasteiger partial charge in [-0.3, -0.25) is 14.9 Å². The van der Waals surface area contributed by atoms with E-state index in [0.29, 0.717) is 0 Å². The summed E-state index contributed by atoms with van der Waals surface area (Å²) in [6.07, 6.45) is 1.85. The summed E-state index contributed by atoms with van der Waals surface area (Å²) in [5.41, 5.74) is 5.21. The Balaban J connectivity index is 1.48. The van der Waals surface area contributed by atoms with Gasteiger partial charge in [-0.1, -0.05) is 60.2 Å². The third-order valence-electron chi connectivity index (χ3n) is 5.20. The zero-order valence-electron chi connectivity index (χ0n) is 15.3. The van der Waals surface area contributed by atoms with E-state index < -0.39 is 0 Å². The van der Waals surface area contributed by atoms with Gasteiger partial charge >= 0.3 is 0 Å². The van der Waals surface area contributed by atoms with Crippen molar-refractivity contribution in [3.05, 3.63) is 89.2 Å². The number of hydrogen-bond acceptors (Lipinski definition) is 3. The standard InChI is InChI=1S/C22H26N4/c1-18-6-5-9-20(16-18)22(21-10-11-23-24-21)26-14-12-25(13-15-26)17-19-7-3-2-4-8-19/h2-11,16,22H,12-15,17H2,1H3,(H,23,24). The first kappa shape index (κ1) is 17.0. The van der Waals surface area contributed by atoms with Gasteiger partial charge in [0, 0.05) is 38.9 Å². The number of rotatable bonds is 5. The van der Waals surface area contributed by atoms with Crippen LogP contribution in [0.1, 0.15) is 28.4 Å². The van der Waals surface area contributed by atoms with E-state index in [0.717, 1.165) is 32.7 Å². The molecule has 1 aliphatic heterocycles. The molecule has 4 heteroatoms. The number of H-pyrrole nitrogens is 1. The summed E-state index contributed by atoms with van der Waals surface area (Å²) in [6.45, 7) is 7.49. The molecule has 26 heavy (non-hydrogen) atoms. The van der Waals surface area contributed by atoms with Crippen molar-refractivity contribution < 1.29 is 0 Å². The molecule has 2 aromatic carbocycles. The first-order chi connectivity index (χ1) is 12.8. The summed E-state index contributed by atoms with van der Waals surface area (Å²) in [7, 11) is 0. The van der Waals surface area contributed by atoms with Crippen LogP contribution in [-0.4, -0.2) is 46.2 Å². The average molecular weight is 346 g/mol. The molecule has 1 atom stereocenters. The second-order valence-corrected chi connectivity index (χ2v) is 7.13. The molecular formula is C22H26N4. The molecule has 4 nitrogen and oxygen atoms in total. The molecule has 1 N–H and O–H groups in total. The van der Waals surface area contributed by atoms with Crippen LogP contribution in [0.3, 0.4) is 0 Å². The van der Waals surface area contributed by atoms with E-state index in [-0.39, 0.29) is 6.04 Å². The summed E-state index contributed by atoms with van der Waals surface area (Å²) in [5.74, 6) is 0. The van der Waals surface area contributed by atoms with Crippen LogP contribution < -0.4 is 0 Å². The molecule has 0 bridgehead atoms. The molecule has 4 rings (SSSR count). The molecule has 0 amide bonds. The van der Waals surface area contributed by atoms with Gasteiger partial charge in [0.1, 0.15) is 0 Å². The first-order valence-electron chi connectivity index (χ1n) is 9.36. The molecule has 0 radical (unpaired) electrons. The van der Waals surface area contributed by atoms with Crippen LogP contribution in [0.15, 0.2) is 66.9 Å². The van der Waals surface area contributed by atoms with Crippen molar-refractivity contribution in [2.75, 3.05) is 26.2 Å². The van der Waals surface area contributed by atoms with Crippen molar-refractivity contribution >= 4 is 0 Å². The fourth-order valence-electron chi connectivity index (χ4n) is 3.87. The zero-order valence-corrected chi connectivity index (χ0v) is 15.3. The van der Waals surface area contributed by atoms with E-state index in [1.165, 1.54) is 22.4 Å². The lowest BCUT2D eigenvalue weighted by Gasteiger charge is -2.39. The van der Waals surface area contributed by atoms with E-state index in [9.17, 15) is 0 Å². The maximum Gasteiger partial charge on any atom is 0.0771 e. The van der Waals surface area contributed by atoms with E-state index in [4.69, 9.17) is 0 Å². The van der Waals surface area contributed by atoms with Crippen LogP contribution in [0.25, 0.3) is 0 Å². The van der Waals surface area contributed by atoms with Crippen molar-refractivity contribution in [2.45, 2.75) is 19.5 Å². The Hall–Kier alpha value is -2.43. The summed E-state index contributed by atoms with van der Waals surface area (Å²) in [6, 6.07) is 21.9. The van der Waals surface area contributed by atoms with Gasteiger partial charge in [-0.05, 0) is 24.1 Å². The smallest absolute Gasteiger partial charge is 0.0771 e. The molecule has 0 saturated carbocycles. The number of hydrogen-bond donors (Lipinski definition) is 1. The molecule has 134 valence electrons. The third-order valence-corrected chi connectivity index (χ3v) is 5.20. The fraction of sp³-hybridized carbons (Fsp3) is 0.318. The number of nitrogens with zero attached hydrogens (tertiary/aromatic N) is 3. The summed E-state index contributed by atoms with van der Waals surface area (Å²) < 4.78 is 0. The van der Waals surface area contributed by atoms with Gasteiger partial charge in [0.25, 0.3) is 0 Å². The highest BCUT2D eigenvalue weighted by molar-refractivity contribution is 5.31. The lowest BCUT2D eigenvalue weighted by molar-refractivity contribution is 0.103. The predicted octanol–water partition coefficient (Wildman–Crippen LogP) is 3.63. The first-order valence-corrected chi connectivity index (χ1v) is 9.36. The zero-order chi connectivity index (χ0) is 17.8. The third kappa shape index (κ3) is 3.87. The molecule has 1 aliphatic rings.